The molecule has 0 aliphatic heterocycles. The molecule has 3 nitrogen and oxygen atoms in total. The number of halogens is 3. The van der Waals surface area contributed by atoms with Crippen LogP contribution in [0.25, 0.3) is 0 Å². The van der Waals surface area contributed by atoms with Gasteiger partial charge in [-0.25, -0.2) is 0 Å². The van der Waals surface area contributed by atoms with Crippen LogP contribution in [0.2, 0.25) is 0 Å². The van der Waals surface area contributed by atoms with E-state index in [1.54, 1.807) is 0 Å². The van der Waals surface area contributed by atoms with E-state index in [2.05, 4.69) is 4.98 Å². The molecule has 0 saturated carbocycles. The first-order valence-corrected chi connectivity index (χ1v) is 3.58. The Labute approximate surface area is 77.2 Å². The molecule has 0 N–H and O–H groups in total. The Kier molecular flexibility index (Phi) is 2.46. The molecule has 6 heteroatoms. The number of carbonyl (C=O) groups is 1. The largest absolute Gasteiger partial charge is 0.543 e. The fourth-order valence-electron chi connectivity index (χ4n) is 1.05. The number of aromatic nitrogens is 1. The Morgan fingerprint density at radius 3 is 2.50 bits per heavy atom. The predicted molar refractivity (Wildman–Crippen MR) is 38.3 cm³/mol. The molecule has 0 aromatic carbocycles. The molecular weight excluding hydrogens is 199 g/mol. The van der Waals surface area contributed by atoms with Gasteiger partial charge in [-0.1, -0.05) is 0 Å². The lowest BCUT2D eigenvalue weighted by molar-refractivity contribution is -0.255. The molecule has 0 unspecified atom stereocenters. The molecule has 0 fully saturated rings. The van der Waals surface area contributed by atoms with E-state index in [4.69, 9.17) is 0 Å². The highest BCUT2D eigenvalue weighted by atomic mass is 19.4. The van der Waals surface area contributed by atoms with Crippen molar-refractivity contribution >= 4 is 5.97 Å². The van der Waals surface area contributed by atoms with Gasteiger partial charge in [0.1, 0.15) is 0 Å². The second kappa shape index (κ2) is 3.28. The summed E-state index contributed by atoms with van der Waals surface area (Å²) in [4.78, 5) is 13.6. The Balaban J connectivity index is 3.35. The second-order valence-corrected chi connectivity index (χ2v) is 2.62. The van der Waals surface area contributed by atoms with E-state index < -0.39 is 29.0 Å². The lowest BCUT2D eigenvalue weighted by atomic mass is 10.1. The number of carbonyl (C=O) groups excluding carboxylic acids is 1. The molecule has 0 atom stereocenters. The van der Waals surface area contributed by atoms with Crippen molar-refractivity contribution in [1.82, 2.24) is 4.98 Å². The van der Waals surface area contributed by atoms with Crippen LogP contribution in [0.15, 0.2) is 12.3 Å². The summed E-state index contributed by atoms with van der Waals surface area (Å²) in [6.07, 6.45) is -3.78. The molecule has 1 aromatic rings. The fraction of sp³-hybridized carbons (Fsp3) is 0.250. The highest BCUT2D eigenvalue weighted by molar-refractivity contribution is 5.85. The SMILES string of the molecule is Cc1c(C(F)(F)F)ccnc1C(=O)[O-]. The molecule has 1 aromatic heterocycles. The number of alkyl halides is 3. The third kappa shape index (κ3) is 1.84. The zero-order chi connectivity index (χ0) is 10.9. The summed E-state index contributed by atoms with van der Waals surface area (Å²) in [5, 5.41) is 10.4. The van der Waals surface area contributed by atoms with E-state index in [9.17, 15) is 23.1 Å². The van der Waals surface area contributed by atoms with Crippen molar-refractivity contribution in [3.8, 4) is 0 Å². The summed E-state index contributed by atoms with van der Waals surface area (Å²) >= 11 is 0. The maximum absolute atomic E-state index is 12.3. The van der Waals surface area contributed by atoms with Gasteiger partial charge in [0, 0.05) is 6.20 Å². The zero-order valence-corrected chi connectivity index (χ0v) is 7.05. The van der Waals surface area contributed by atoms with Crippen LogP contribution in [-0.4, -0.2) is 11.0 Å². The van der Waals surface area contributed by atoms with Gasteiger partial charge in [0.2, 0.25) is 0 Å². The summed E-state index contributed by atoms with van der Waals surface area (Å²) in [5.41, 5.74) is -2.12. The van der Waals surface area contributed by atoms with Crippen LogP contribution >= 0.6 is 0 Å². The first-order chi connectivity index (χ1) is 6.34. The van der Waals surface area contributed by atoms with Crippen molar-refractivity contribution < 1.29 is 23.1 Å². The topological polar surface area (TPSA) is 53.0 Å². The molecule has 0 spiro atoms. The van der Waals surface area contributed by atoms with E-state index in [1.165, 1.54) is 0 Å². The molecule has 14 heavy (non-hydrogen) atoms. The molecule has 1 rings (SSSR count). The van der Waals surface area contributed by atoms with Crippen LogP contribution in [0, 0.1) is 6.92 Å². The molecule has 0 amide bonds. The number of rotatable bonds is 1. The van der Waals surface area contributed by atoms with Gasteiger partial charge in [0.05, 0.1) is 17.2 Å². The van der Waals surface area contributed by atoms with E-state index in [0.29, 0.717) is 0 Å². The number of nitrogens with zero attached hydrogens (tertiary/aromatic N) is 1. The van der Waals surface area contributed by atoms with Crippen molar-refractivity contribution in [3.05, 3.63) is 29.1 Å². The number of pyridine rings is 1. The highest BCUT2D eigenvalue weighted by Crippen LogP contribution is 2.31. The molecule has 76 valence electrons. The van der Waals surface area contributed by atoms with Crippen molar-refractivity contribution in [2.45, 2.75) is 13.1 Å². The minimum absolute atomic E-state index is 0.431. The van der Waals surface area contributed by atoms with Gasteiger partial charge in [0.15, 0.2) is 0 Å². The van der Waals surface area contributed by atoms with E-state index in [1.807, 2.05) is 0 Å². The Bertz CT molecular complexity index is 373. The molecular formula is C8H5F3NO2-. The van der Waals surface area contributed by atoms with Gasteiger partial charge in [0.25, 0.3) is 0 Å². The lowest BCUT2D eigenvalue weighted by Crippen LogP contribution is -2.26. The third-order valence-corrected chi connectivity index (χ3v) is 1.70. The minimum Gasteiger partial charge on any atom is -0.543 e. The molecule has 1 heterocycles. The van der Waals surface area contributed by atoms with Crippen LogP contribution in [0.1, 0.15) is 21.6 Å². The van der Waals surface area contributed by atoms with Crippen LogP contribution in [0.4, 0.5) is 13.2 Å². The molecule has 0 radical (unpaired) electrons. The second-order valence-electron chi connectivity index (χ2n) is 2.62. The summed E-state index contributed by atoms with van der Waals surface area (Å²) in [5.74, 6) is -1.71. The van der Waals surface area contributed by atoms with Crippen molar-refractivity contribution in [3.63, 3.8) is 0 Å². The first kappa shape index (κ1) is 10.5. The van der Waals surface area contributed by atoms with Crippen molar-refractivity contribution in [2.24, 2.45) is 0 Å². The monoisotopic (exact) mass is 204 g/mol. The summed E-state index contributed by atoms with van der Waals surface area (Å²) in [6.45, 7) is 1.04. The summed E-state index contributed by atoms with van der Waals surface area (Å²) in [6, 6.07) is 0.724. The Morgan fingerprint density at radius 2 is 2.07 bits per heavy atom. The first-order valence-electron chi connectivity index (χ1n) is 3.58. The fourth-order valence-corrected chi connectivity index (χ4v) is 1.05. The maximum atomic E-state index is 12.3. The van der Waals surface area contributed by atoms with E-state index in [-0.39, 0.29) is 0 Å². The number of hydrogen-bond donors (Lipinski definition) is 0. The van der Waals surface area contributed by atoms with Gasteiger partial charge >= 0.3 is 6.18 Å². The number of hydrogen-bond acceptors (Lipinski definition) is 3. The van der Waals surface area contributed by atoms with Crippen LogP contribution in [-0.2, 0) is 6.18 Å². The van der Waals surface area contributed by atoms with Gasteiger partial charge in [-0.3, -0.25) is 4.98 Å². The van der Waals surface area contributed by atoms with Crippen LogP contribution in [0.3, 0.4) is 0 Å². The van der Waals surface area contributed by atoms with Gasteiger partial charge in [-0.05, 0) is 18.6 Å². The molecule has 0 saturated heterocycles. The number of carboxylic acid groups (broad SMARTS) is 1. The quantitative estimate of drug-likeness (QED) is 0.678. The van der Waals surface area contributed by atoms with Crippen molar-refractivity contribution in [2.75, 3.05) is 0 Å². The smallest absolute Gasteiger partial charge is 0.416 e. The van der Waals surface area contributed by atoms with E-state index >= 15 is 0 Å². The summed E-state index contributed by atoms with van der Waals surface area (Å²) < 4.78 is 36.8. The Hall–Kier alpha value is -1.59. The van der Waals surface area contributed by atoms with Crippen LogP contribution in [0.5, 0.6) is 0 Å². The maximum Gasteiger partial charge on any atom is 0.416 e. The predicted octanol–water partition coefficient (Wildman–Crippen LogP) is 0.772. The van der Waals surface area contributed by atoms with Gasteiger partial charge in [-0.2, -0.15) is 13.2 Å². The highest BCUT2D eigenvalue weighted by Gasteiger charge is 2.33. The average molecular weight is 204 g/mol. The number of carboxylic acids is 1. The number of aromatic carboxylic acids is 1. The van der Waals surface area contributed by atoms with E-state index in [0.717, 1.165) is 19.2 Å². The molecule has 0 bridgehead atoms. The zero-order valence-electron chi connectivity index (χ0n) is 7.05. The van der Waals surface area contributed by atoms with Gasteiger partial charge in [-0.15, -0.1) is 0 Å². The van der Waals surface area contributed by atoms with Gasteiger partial charge < -0.3 is 9.90 Å². The van der Waals surface area contributed by atoms with Crippen LogP contribution < -0.4 is 5.11 Å². The lowest BCUT2D eigenvalue weighted by Gasteiger charge is -2.12. The average Bonchev–Trinajstić information content (AvgIpc) is 2.01. The standard InChI is InChI=1S/C8H6F3NO2/c1-4-5(8(9,10)11)2-3-12-6(4)7(13)14/h2-3H,1H3,(H,13,14)/p-1. The van der Waals surface area contributed by atoms with Crippen molar-refractivity contribution in [1.29, 1.82) is 0 Å². The third-order valence-electron chi connectivity index (χ3n) is 1.70. The summed E-state index contributed by atoms with van der Waals surface area (Å²) in [7, 11) is 0. The minimum atomic E-state index is -4.57. The Morgan fingerprint density at radius 1 is 1.50 bits per heavy atom. The molecule has 0 aliphatic carbocycles. The normalized spacial score (nSPS) is 11.4. The molecule has 0 aliphatic rings.